The van der Waals surface area contributed by atoms with Gasteiger partial charge in [0.05, 0.1) is 12.8 Å². The number of aryl methyl sites for hydroxylation is 2. The smallest absolute Gasteiger partial charge is 0.226 e. The summed E-state index contributed by atoms with van der Waals surface area (Å²) >= 11 is 0. The predicted octanol–water partition coefficient (Wildman–Crippen LogP) is 1.44. The van der Waals surface area contributed by atoms with Gasteiger partial charge in [0.25, 0.3) is 0 Å². The van der Waals surface area contributed by atoms with Gasteiger partial charge in [0.2, 0.25) is 11.8 Å². The summed E-state index contributed by atoms with van der Waals surface area (Å²) in [7, 11) is 1.58. The van der Waals surface area contributed by atoms with Crippen LogP contribution in [-0.2, 0) is 6.54 Å². The van der Waals surface area contributed by atoms with Crippen LogP contribution in [0.25, 0.3) is 0 Å². The van der Waals surface area contributed by atoms with E-state index < -0.39 is 0 Å². The number of nitrogens with one attached hydrogen (secondary N) is 2. The molecular weight excluding hydrogens is 218 g/mol. The molecule has 0 aromatic carbocycles. The molecular formula is C11H15N5O. The lowest BCUT2D eigenvalue weighted by Gasteiger charge is -2.05. The Morgan fingerprint density at radius 3 is 2.88 bits per heavy atom. The van der Waals surface area contributed by atoms with E-state index in [1.807, 2.05) is 13.8 Å². The molecule has 0 aliphatic heterocycles. The van der Waals surface area contributed by atoms with E-state index in [-0.39, 0.29) is 0 Å². The van der Waals surface area contributed by atoms with Gasteiger partial charge in [-0.15, -0.1) is 0 Å². The summed E-state index contributed by atoms with van der Waals surface area (Å²) < 4.78 is 5.03. The molecule has 0 radical (unpaired) electrons. The van der Waals surface area contributed by atoms with Gasteiger partial charge >= 0.3 is 0 Å². The SMILES string of the molecule is COc1ccnc(NCc2c(C)n[nH]c2C)n1. The zero-order chi connectivity index (χ0) is 12.3. The lowest BCUT2D eigenvalue weighted by Crippen LogP contribution is -2.05. The van der Waals surface area contributed by atoms with Crippen molar-refractivity contribution in [1.29, 1.82) is 0 Å². The van der Waals surface area contributed by atoms with E-state index >= 15 is 0 Å². The minimum absolute atomic E-state index is 0.545. The van der Waals surface area contributed by atoms with Crippen molar-refractivity contribution in [2.45, 2.75) is 20.4 Å². The summed E-state index contributed by atoms with van der Waals surface area (Å²) in [4.78, 5) is 8.29. The first-order valence-corrected chi connectivity index (χ1v) is 5.32. The molecule has 17 heavy (non-hydrogen) atoms. The van der Waals surface area contributed by atoms with Crippen molar-refractivity contribution < 1.29 is 4.74 Å². The van der Waals surface area contributed by atoms with E-state index in [1.165, 1.54) is 0 Å². The van der Waals surface area contributed by atoms with Crippen LogP contribution in [-0.4, -0.2) is 27.3 Å². The maximum Gasteiger partial charge on any atom is 0.226 e. The summed E-state index contributed by atoms with van der Waals surface area (Å²) in [5.41, 5.74) is 3.17. The Bertz CT molecular complexity index is 489. The van der Waals surface area contributed by atoms with E-state index in [0.29, 0.717) is 18.4 Å². The van der Waals surface area contributed by atoms with Gasteiger partial charge in [-0.1, -0.05) is 0 Å². The third kappa shape index (κ3) is 2.52. The van der Waals surface area contributed by atoms with Crippen LogP contribution in [0.2, 0.25) is 0 Å². The quantitative estimate of drug-likeness (QED) is 0.835. The van der Waals surface area contributed by atoms with Crippen molar-refractivity contribution in [1.82, 2.24) is 20.2 Å². The molecule has 0 aliphatic rings. The Kier molecular flexibility index (Phi) is 3.22. The molecule has 6 heteroatoms. The van der Waals surface area contributed by atoms with Gasteiger partial charge in [0.15, 0.2) is 0 Å². The van der Waals surface area contributed by atoms with Crippen LogP contribution in [0, 0.1) is 13.8 Å². The lowest BCUT2D eigenvalue weighted by atomic mass is 10.2. The summed E-state index contributed by atoms with van der Waals surface area (Å²) in [6.07, 6.45) is 1.66. The maximum absolute atomic E-state index is 5.03. The Morgan fingerprint density at radius 2 is 2.24 bits per heavy atom. The highest BCUT2D eigenvalue weighted by Gasteiger charge is 2.06. The fraction of sp³-hybridized carbons (Fsp3) is 0.364. The number of hydrogen-bond donors (Lipinski definition) is 2. The van der Waals surface area contributed by atoms with E-state index in [1.54, 1.807) is 19.4 Å². The number of hydrogen-bond acceptors (Lipinski definition) is 5. The molecule has 0 bridgehead atoms. The molecule has 0 saturated heterocycles. The van der Waals surface area contributed by atoms with Gasteiger partial charge in [-0.25, -0.2) is 4.98 Å². The molecule has 90 valence electrons. The highest BCUT2D eigenvalue weighted by atomic mass is 16.5. The van der Waals surface area contributed by atoms with Crippen molar-refractivity contribution in [2.75, 3.05) is 12.4 Å². The standard InChI is InChI=1S/C11H15N5O/c1-7-9(8(2)16-15-7)6-13-11-12-5-4-10(14-11)17-3/h4-5H,6H2,1-3H3,(H,15,16)(H,12,13,14). The number of anilines is 1. The summed E-state index contributed by atoms with van der Waals surface area (Å²) in [6.45, 7) is 4.59. The zero-order valence-electron chi connectivity index (χ0n) is 10.1. The van der Waals surface area contributed by atoms with Gasteiger partial charge in [-0.05, 0) is 13.8 Å². The van der Waals surface area contributed by atoms with Crippen LogP contribution in [0.1, 0.15) is 17.0 Å². The number of aromatic nitrogens is 4. The minimum atomic E-state index is 0.545. The first-order valence-electron chi connectivity index (χ1n) is 5.32. The van der Waals surface area contributed by atoms with Crippen LogP contribution in [0.4, 0.5) is 5.95 Å². The summed E-state index contributed by atoms with van der Waals surface area (Å²) in [5, 5.41) is 10.2. The molecule has 2 N–H and O–H groups in total. The number of H-pyrrole nitrogens is 1. The molecule has 2 aromatic rings. The monoisotopic (exact) mass is 233 g/mol. The largest absolute Gasteiger partial charge is 0.481 e. The lowest BCUT2D eigenvalue weighted by molar-refractivity contribution is 0.397. The number of nitrogens with zero attached hydrogens (tertiary/aromatic N) is 3. The second-order valence-electron chi connectivity index (χ2n) is 3.69. The molecule has 0 amide bonds. The van der Waals surface area contributed by atoms with Gasteiger partial charge in [0, 0.05) is 30.1 Å². The van der Waals surface area contributed by atoms with Crippen molar-refractivity contribution in [3.63, 3.8) is 0 Å². The number of ether oxygens (including phenoxy) is 1. The molecule has 0 saturated carbocycles. The van der Waals surface area contributed by atoms with Gasteiger partial charge in [0.1, 0.15) is 0 Å². The van der Waals surface area contributed by atoms with Gasteiger partial charge in [-0.3, -0.25) is 5.10 Å². The van der Waals surface area contributed by atoms with Gasteiger partial charge < -0.3 is 10.1 Å². The average Bonchev–Trinajstić information content (AvgIpc) is 2.67. The van der Waals surface area contributed by atoms with Crippen molar-refractivity contribution in [2.24, 2.45) is 0 Å². The molecule has 2 rings (SSSR count). The number of methoxy groups -OCH3 is 1. The van der Waals surface area contributed by atoms with E-state index in [4.69, 9.17) is 4.74 Å². The normalized spacial score (nSPS) is 10.3. The van der Waals surface area contributed by atoms with E-state index in [9.17, 15) is 0 Å². The minimum Gasteiger partial charge on any atom is -0.481 e. The van der Waals surface area contributed by atoms with E-state index in [0.717, 1.165) is 17.0 Å². The van der Waals surface area contributed by atoms with Crippen molar-refractivity contribution in [3.8, 4) is 5.88 Å². The molecule has 0 atom stereocenters. The van der Waals surface area contributed by atoms with Crippen LogP contribution < -0.4 is 10.1 Å². The highest BCUT2D eigenvalue weighted by Crippen LogP contribution is 2.12. The summed E-state index contributed by atoms with van der Waals surface area (Å²) in [5.74, 6) is 1.09. The fourth-order valence-corrected chi connectivity index (χ4v) is 1.54. The molecule has 0 unspecified atom stereocenters. The van der Waals surface area contributed by atoms with Gasteiger partial charge in [-0.2, -0.15) is 10.1 Å². The highest BCUT2D eigenvalue weighted by molar-refractivity contribution is 5.32. The Hall–Kier alpha value is -2.11. The third-order valence-electron chi connectivity index (χ3n) is 2.54. The van der Waals surface area contributed by atoms with Crippen LogP contribution in [0.5, 0.6) is 5.88 Å². The topological polar surface area (TPSA) is 75.7 Å². The molecule has 2 aromatic heterocycles. The van der Waals surface area contributed by atoms with Crippen molar-refractivity contribution >= 4 is 5.95 Å². The third-order valence-corrected chi connectivity index (χ3v) is 2.54. The Morgan fingerprint density at radius 1 is 1.41 bits per heavy atom. The second kappa shape index (κ2) is 4.82. The number of aromatic amines is 1. The summed E-state index contributed by atoms with van der Waals surface area (Å²) in [6, 6.07) is 1.71. The van der Waals surface area contributed by atoms with E-state index in [2.05, 4.69) is 25.5 Å². The predicted molar refractivity (Wildman–Crippen MR) is 64.0 cm³/mol. The Labute approximate surface area is 99.4 Å². The fourth-order valence-electron chi connectivity index (χ4n) is 1.54. The van der Waals surface area contributed by atoms with Crippen LogP contribution in [0.3, 0.4) is 0 Å². The van der Waals surface area contributed by atoms with Crippen molar-refractivity contribution in [3.05, 3.63) is 29.2 Å². The first-order chi connectivity index (χ1) is 8.20. The van der Waals surface area contributed by atoms with Crippen LogP contribution in [0.15, 0.2) is 12.3 Å². The Balaban J connectivity index is 2.07. The molecule has 0 aliphatic carbocycles. The molecule has 2 heterocycles. The maximum atomic E-state index is 5.03. The second-order valence-corrected chi connectivity index (χ2v) is 3.69. The molecule has 0 fully saturated rings. The van der Waals surface area contributed by atoms with Crippen LogP contribution >= 0.6 is 0 Å². The number of rotatable bonds is 4. The molecule has 0 spiro atoms. The average molecular weight is 233 g/mol. The molecule has 6 nitrogen and oxygen atoms in total. The first kappa shape index (κ1) is 11.4. The zero-order valence-corrected chi connectivity index (χ0v) is 10.1.